The van der Waals surface area contributed by atoms with E-state index in [0.29, 0.717) is 23.7 Å². The van der Waals surface area contributed by atoms with Crippen LogP contribution in [0.1, 0.15) is 68.8 Å². The zero-order valence-corrected chi connectivity index (χ0v) is 21.6. The molecule has 9 heteroatoms. The van der Waals surface area contributed by atoms with Crippen LogP contribution in [0.4, 0.5) is 16.0 Å². The predicted molar refractivity (Wildman–Crippen MR) is 144 cm³/mol. The molecule has 0 saturated heterocycles. The average molecular weight is 506 g/mol. The molecular weight excluding hydrogens is 469 g/mol. The van der Waals surface area contributed by atoms with Crippen LogP contribution in [0.15, 0.2) is 55.0 Å². The Morgan fingerprint density at radius 2 is 1.81 bits per heavy atom. The molecule has 8 nitrogen and oxygen atoms in total. The predicted octanol–water partition coefficient (Wildman–Crippen LogP) is 5.36. The van der Waals surface area contributed by atoms with Gasteiger partial charge in [0.15, 0.2) is 5.65 Å². The monoisotopic (exact) mass is 505 g/mol. The van der Waals surface area contributed by atoms with Crippen molar-refractivity contribution in [3.63, 3.8) is 0 Å². The van der Waals surface area contributed by atoms with Gasteiger partial charge in [-0.25, -0.2) is 19.3 Å². The van der Waals surface area contributed by atoms with Gasteiger partial charge in [-0.15, -0.1) is 0 Å². The number of halogens is 1. The second kappa shape index (κ2) is 13.1. The van der Waals surface area contributed by atoms with E-state index in [1.807, 2.05) is 24.4 Å². The summed E-state index contributed by atoms with van der Waals surface area (Å²) in [7, 11) is 0. The maximum absolute atomic E-state index is 14.2. The van der Waals surface area contributed by atoms with Gasteiger partial charge in [-0.1, -0.05) is 51.3 Å². The largest absolute Gasteiger partial charge is 0.394 e. The lowest BCUT2D eigenvalue weighted by atomic mass is 10.1. The number of nitrogens with zero attached hydrogens (tertiary/aromatic N) is 5. The number of aliphatic hydroxyl groups excluding tert-OH is 1. The number of aromatic nitrogens is 5. The number of unbranched alkanes of at least 4 members (excludes halogenated alkanes) is 3. The Morgan fingerprint density at radius 3 is 2.57 bits per heavy atom. The highest BCUT2D eigenvalue weighted by Gasteiger charge is 2.16. The molecule has 0 aliphatic carbocycles. The molecule has 0 unspecified atom stereocenters. The van der Waals surface area contributed by atoms with Gasteiger partial charge in [0.2, 0.25) is 0 Å². The van der Waals surface area contributed by atoms with E-state index in [-0.39, 0.29) is 24.4 Å². The zero-order valence-electron chi connectivity index (χ0n) is 21.6. The second-order valence-corrected chi connectivity index (χ2v) is 9.60. The van der Waals surface area contributed by atoms with E-state index in [2.05, 4.69) is 39.5 Å². The fourth-order valence-corrected chi connectivity index (χ4v) is 4.32. The molecule has 196 valence electrons. The fourth-order valence-electron chi connectivity index (χ4n) is 4.32. The van der Waals surface area contributed by atoms with Crippen molar-refractivity contribution in [1.82, 2.24) is 24.6 Å². The van der Waals surface area contributed by atoms with E-state index >= 15 is 0 Å². The fraction of sp³-hybridized carbons (Fsp3) is 0.429. The van der Waals surface area contributed by atoms with E-state index in [9.17, 15) is 9.50 Å². The Balaban J connectivity index is 1.39. The molecular formula is C28H36FN7O. The third-order valence-corrected chi connectivity index (χ3v) is 6.43. The molecule has 3 N–H and O–H groups in total. The first-order valence-corrected chi connectivity index (χ1v) is 13.0. The quantitative estimate of drug-likeness (QED) is 0.198. The van der Waals surface area contributed by atoms with E-state index in [1.54, 1.807) is 29.0 Å². The average Bonchev–Trinajstić information content (AvgIpc) is 3.34. The first-order chi connectivity index (χ1) is 18.0. The third-order valence-electron chi connectivity index (χ3n) is 6.43. The summed E-state index contributed by atoms with van der Waals surface area (Å²) in [5.74, 6) is 2.25. The number of rotatable bonds is 14. The van der Waals surface area contributed by atoms with Gasteiger partial charge in [-0.3, -0.25) is 0 Å². The third kappa shape index (κ3) is 7.22. The van der Waals surface area contributed by atoms with Gasteiger partial charge in [0, 0.05) is 42.6 Å². The van der Waals surface area contributed by atoms with Crippen molar-refractivity contribution < 1.29 is 9.50 Å². The van der Waals surface area contributed by atoms with Gasteiger partial charge >= 0.3 is 0 Å². The van der Waals surface area contributed by atoms with Crippen molar-refractivity contribution in [2.45, 2.75) is 70.9 Å². The molecule has 37 heavy (non-hydrogen) atoms. The Bertz CT molecular complexity index is 1260. The Kier molecular flexibility index (Phi) is 9.37. The van der Waals surface area contributed by atoms with Crippen molar-refractivity contribution in [2.24, 2.45) is 0 Å². The Hall–Kier alpha value is -3.59. The van der Waals surface area contributed by atoms with Crippen LogP contribution >= 0.6 is 0 Å². The molecule has 1 atom stereocenters. The molecule has 3 aromatic heterocycles. The number of anilines is 2. The topological polar surface area (TPSA) is 100 Å². The first kappa shape index (κ1) is 26.5. The SMILES string of the molecule is CC(C)c1cnn2c(NCc3ccccc3F)cc(N[C@@H](CO)CCCCCCc3ncccn3)nc12. The van der Waals surface area contributed by atoms with Crippen molar-refractivity contribution in [3.8, 4) is 0 Å². The van der Waals surface area contributed by atoms with Gasteiger partial charge in [0.05, 0.1) is 18.8 Å². The normalized spacial score (nSPS) is 12.2. The van der Waals surface area contributed by atoms with Crippen LogP contribution in [-0.4, -0.2) is 42.3 Å². The smallest absolute Gasteiger partial charge is 0.163 e. The summed E-state index contributed by atoms with van der Waals surface area (Å²) in [6.45, 7) is 4.54. The van der Waals surface area contributed by atoms with E-state index in [4.69, 9.17) is 4.98 Å². The van der Waals surface area contributed by atoms with Crippen LogP contribution in [0.25, 0.3) is 5.65 Å². The molecule has 0 aliphatic heterocycles. The number of fused-ring (bicyclic) bond motifs is 1. The summed E-state index contributed by atoms with van der Waals surface area (Å²) in [5.41, 5.74) is 2.35. The van der Waals surface area contributed by atoms with Crippen LogP contribution in [0.2, 0.25) is 0 Å². The van der Waals surface area contributed by atoms with Crippen molar-refractivity contribution in [1.29, 1.82) is 0 Å². The summed E-state index contributed by atoms with van der Waals surface area (Å²) < 4.78 is 15.9. The maximum atomic E-state index is 14.2. The summed E-state index contributed by atoms with van der Waals surface area (Å²) in [6, 6.07) is 10.3. The minimum absolute atomic E-state index is 0.0129. The minimum atomic E-state index is -0.251. The molecule has 0 fully saturated rings. The highest BCUT2D eigenvalue weighted by atomic mass is 19.1. The summed E-state index contributed by atoms with van der Waals surface area (Å²) >= 11 is 0. The highest BCUT2D eigenvalue weighted by molar-refractivity contribution is 5.61. The van der Waals surface area contributed by atoms with Gasteiger partial charge in [0.1, 0.15) is 23.3 Å². The number of benzene rings is 1. The first-order valence-electron chi connectivity index (χ1n) is 13.0. The van der Waals surface area contributed by atoms with Crippen LogP contribution in [-0.2, 0) is 13.0 Å². The van der Waals surface area contributed by atoms with Crippen molar-refractivity contribution in [3.05, 3.63) is 77.8 Å². The summed E-state index contributed by atoms with van der Waals surface area (Å²) in [4.78, 5) is 13.4. The number of hydrogen-bond donors (Lipinski definition) is 3. The standard InChI is InChI=1S/C28H36FN7O/c1-20(2)23-18-33-36-27(32-17-21-10-7-8-12-24(21)29)16-26(35-28(23)36)34-22(19-37)11-5-3-4-6-13-25-30-14-9-15-31-25/h7-10,12,14-16,18,20,22,32,37H,3-6,11,13,17,19H2,1-2H3,(H,34,35)/t22-/m1/s1. The molecule has 4 aromatic rings. The minimum Gasteiger partial charge on any atom is -0.394 e. The molecule has 0 radical (unpaired) electrons. The molecule has 0 saturated carbocycles. The lowest BCUT2D eigenvalue weighted by Gasteiger charge is -2.19. The van der Waals surface area contributed by atoms with Crippen LogP contribution < -0.4 is 10.6 Å². The molecule has 3 heterocycles. The number of aryl methyl sites for hydroxylation is 1. The summed E-state index contributed by atoms with van der Waals surface area (Å²) in [5, 5.41) is 21.3. The van der Waals surface area contributed by atoms with E-state index in [0.717, 1.165) is 55.6 Å². The zero-order chi connectivity index (χ0) is 26.0. The van der Waals surface area contributed by atoms with Crippen LogP contribution in [0, 0.1) is 5.82 Å². The molecule has 0 bridgehead atoms. The van der Waals surface area contributed by atoms with Crippen molar-refractivity contribution >= 4 is 17.3 Å². The number of nitrogens with one attached hydrogen (secondary N) is 2. The van der Waals surface area contributed by atoms with Gasteiger partial charge < -0.3 is 15.7 Å². The lowest BCUT2D eigenvalue weighted by molar-refractivity contribution is 0.266. The van der Waals surface area contributed by atoms with E-state index < -0.39 is 0 Å². The van der Waals surface area contributed by atoms with E-state index in [1.165, 1.54) is 6.07 Å². The molecule has 1 aromatic carbocycles. The molecule has 4 rings (SSSR count). The van der Waals surface area contributed by atoms with Crippen LogP contribution in [0.5, 0.6) is 0 Å². The number of aliphatic hydroxyl groups is 1. The Morgan fingerprint density at radius 1 is 1.03 bits per heavy atom. The summed E-state index contributed by atoms with van der Waals surface area (Å²) in [6.07, 6.45) is 11.3. The van der Waals surface area contributed by atoms with Crippen LogP contribution in [0.3, 0.4) is 0 Å². The number of hydrogen-bond acceptors (Lipinski definition) is 7. The molecule has 0 amide bonds. The van der Waals surface area contributed by atoms with Gasteiger partial charge in [-0.05, 0) is 30.9 Å². The Labute approximate surface area is 217 Å². The second-order valence-electron chi connectivity index (χ2n) is 9.60. The van der Waals surface area contributed by atoms with Gasteiger partial charge in [-0.2, -0.15) is 9.61 Å². The maximum Gasteiger partial charge on any atom is 0.163 e. The molecule has 0 aliphatic rings. The highest BCUT2D eigenvalue weighted by Crippen LogP contribution is 2.25. The van der Waals surface area contributed by atoms with Gasteiger partial charge in [0.25, 0.3) is 0 Å². The molecule has 0 spiro atoms. The van der Waals surface area contributed by atoms with Crippen molar-refractivity contribution in [2.75, 3.05) is 17.2 Å². The lowest BCUT2D eigenvalue weighted by Crippen LogP contribution is -2.24.